The number of hydrogen-bond acceptors (Lipinski definition) is 3. The molecule has 0 atom stereocenters. The first kappa shape index (κ1) is 15.7. The Labute approximate surface area is 127 Å². The summed E-state index contributed by atoms with van der Waals surface area (Å²) in [4.78, 5) is 23.1. The number of halogens is 1. The van der Waals surface area contributed by atoms with Crippen molar-refractivity contribution in [3.8, 4) is 0 Å². The van der Waals surface area contributed by atoms with Gasteiger partial charge in [0.1, 0.15) is 5.82 Å². The van der Waals surface area contributed by atoms with E-state index in [1.165, 1.54) is 25.3 Å². The average molecular weight is 301 g/mol. The molecule has 0 saturated carbocycles. The quantitative estimate of drug-likeness (QED) is 0.864. The van der Waals surface area contributed by atoms with Gasteiger partial charge in [-0.3, -0.25) is 4.79 Å². The number of rotatable bonds is 5. The molecule has 2 rings (SSSR count). The zero-order chi connectivity index (χ0) is 15.9. The van der Waals surface area contributed by atoms with Crippen LogP contribution in [0.2, 0.25) is 0 Å². The van der Waals surface area contributed by atoms with Gasteiger partial charge in [0.15, 0.2) is 0 Å². The Kier molecular flexibility index (Phi) is 5.25. The molecule has 0 saturated heterocycles. The summed E-state index contributed by atoms with van der Waals surface area (Å²) in [6.45, 7) is 0.380. The van der Waals surface area contributed by atoms with Gasteiger partial charge in [-0.25, -0.2) is 9.18 Å². The lowest BCUT2D eigenvalue weighted by Gasteiger charge is -2.07. The van der Waals surface area contributed by atoms with Crippen molar-refractivity contribution in [1.82, 2.24) is 5.32 Å². The predicted octanol–water partition coefficient (Wildman–Crippen LogP) is 2.58. The van der Waals surface area contributed by atoms with E-state index >= 15 is 0 Å². The number of esters is 1. The molecule has 0 aliphatic carbocycles. The lowest BCUT2D eigenvalue weighted by atomic mass is 10.1. The summed E-state index contributed by atoms with van der Waals surface area (Å²) < 4.78 is 18.1. The summed E-state index contributed by atoms with van der Waals surface area (Å²) in [5.74, 6) is -1.37. The molecule has 5 heteroatoms. The fourth-order valence-corrected chi connectivity index (χ4v) is 1.99. The van der Waals surface area contributed by atoms with Crippen molar-refractivity contribution >= 4 is 11.9 Å². The normalized spacial score (nSPS) is 10.1. The third-order valence-corrected chi connectivity index (χ3v) is 3.19. The second-order valence-corrected chi connectivity index (χ2v) is 4.67. The van der Waals surface area contributed by atoms with Gasteiger partial charge in [-0.2, -0.15) is 0 Å². The first-order chi connectivity index (χ1) is 10.6. The van der Waals surface area contributed by atoms with Crippen LogP contribution in [0.4, 0.5) is 4.39 Å². The van der Waals surface area contributed by atoms with Crippen LogP contribution in [0.15, 0.2) is 48.5 Å². The molecule has 22 heavy (non-hydrogen) atoms. The molecule has 0 aliphatic rings. The van der Waals surface area contributed by atoms with Crippen LogP contribution in [0.5, 0.6) is 0 Å². The van der Waals surface area contributed by atoms with E-state index in [4.69, 9.17) is 0 Å². The monoisotopic (exact) mass is 301 g/mol. The molecule has 0 radical (unpaired) electrons. The van der Waals surface area contributed by atoms with E-state index in [1.807, 2.05) is 0 Å². The minimum absolute atomic E-state index is 0.0311. The van der Waals surface area contributed by atoms with Gasteiger partial charge in [0.2, 0.25) is 0 Å². The Morgan fingerprint density at radius 1 is 1.09 bits per heavy atom. The molecule has 2 aromatic carbocycles. The van der Waals surface area contributed by atoms with Gasteiger partial charge >= 0.3 is 5.97 Å². The molecule has 114 valence electrons. The van der Waals surface area contributed by atoms with Crippen LogP contribution >= 0.6 is 0 Å². The van der Waals surface area contributed by atoms with Crippen molar-refractivity contribution < 1.29 is 18.7 Å². The van der Waals surface area contributed by atoms with Crippen molar-refractivity contribution in [3.05, 3.63) is 71.0 Å². The van der Waals surface area contributed by atoms with E-state index in [-0.39, 0.29) is 11.5 Å². The fraction of sp³-hybridized carbons (Fsp3) is 0.176. The first-order valence-corrected chi connectivity index (χ1v) is 6.82. The van der Waals surface area contributed by atoms with E-state index < -0.39 is 11.7 Å². The summed E-state index contributed by atoms with van der Waals surface area (Å²) >= 11 is 0. The molecule has 4 nitrogen and oxygen atoms in total. The third kappa shape index (κ3) is 3.91. The molecule has 0 fully saturated rings. The Bertz CT molecular complexity index is 668. The van der Waals surface area contributed by atoms with Crippen LogP contribution < -0.4 is 5.32 Å². The summed E-state index contributed by atoms with van der Waals surface area (Å²) in [5, 5.41) is 2.67. The topological polar surface area (TPSA) is 55.4 Å². The molecule has 0 aliphatic heterocycles. The Hall–Kier alpha value is -2.69. The highest BCUT2D eigenvalue weighted by atomic mass is 19.1. The lowest BCUT2D eigenvalue weighted by molar-refractivity contribution is 0.0600. The molecule has 0 spiro atoms. The number of nitrogens with one attached hydrogen (secondary N) is 1. The molecule has 0 bridgehead atoms. The SMILES string of the molecule is COC(=O)c1ccc(CCNC(=O)c2ccccc2F)cc1. The van der Waals surface area contributed by atoms with Crippen LogP contribution in [0.1, 0.15) is 26.3 Å². The molecule has 1 amide bonds. The highest BCUT2D eigenvalue weighted by Gasteiger charge is 2.10. The van der Waals surface area contributed by atoms with E-state index in [1.54, 1.807) is 30.3 Å². The van der Waals surface area contributed by atoms with Gasteiger partial charge in [0.25, 0.3) is 5.91 Å². The number of ether oxygens (including phenoxy) is 1. The van der Waals surface area contributed by atoms with E-state index in [0.29, 0.717) is 18.5 Å². The number of hydrogen-bond donors (Lipinski definition) is 1. The van der Waals surface area contributed by atoms with Gasteiger partial charge in [-0.15, -0.1) is 0 Å². The van der Waals surface area contributed by atoms with Gasteiger partial charge in [0, 0.05) is 6.54 Å². The van der Waals surface area contributed by atoms with Gasteiger partial charge < -0.3 is 10.1 Å². The fourth-order valence-electron chi connectivity index (χ4n) is 1.99. The summed E-state index contributed by atoms with van der Waals surface area (Å²) in [7, 11) is 1.33. The van der Waals surface area contributed by atoms with Crippen LogP contribution in [-0.4, -0.2) is 25.5 Å². The zero-order valence-electron chi connectivity index (χ0n) is 12.1. The highest BCUT2D eigenvalue weighted by molar-refractivity contribution is 5.94. The van der Waals surface area contributed by atoms with Crippen LogP contribution in [-0.2, 0) is 11.2 Å². The first-order valence-electron chi connectivity index (χ1n) is 6.82. The number of methoxy groups -OCH3 is 1. The third-order valence-electron chi connectivity index (χ3n) is 3.19. The van der Waals surface area contributed by atoms with E-state index in [0.717, 1.165) is 5.56 Å². The molecule has 0 aromatic heterocycles. The summed E-state index contributed by atoms with van der Waals surface area (Å²) in [6.07, 6.45) is 0.585. The van der Waals surface area contributed by atoms with Gasteiger partial charge in [-0.1, -0.05) is 24.3 Å². The van der Waals surface area contributed by atoms with Crippen LogP contribution in [0.25, 0.3) is 0 Å². The number of carbonyl (C=O) groups is 2. The lowest BCUT2D eigenvalue weighted by Crippen LogP contribution is -2.26. The maximum Gasteiger partial charge on any atom is 0.337 e. The van der Waals surface area contributed by atoms with E-state index in [9.17, 15) is 14.0 Å². The van der Waals surface area contributed by atoms with Crippen LogP contribution in [0.3, 0.4) is 0 Å². The second kappa shape index (κ2) is 7.36. The zero-order valence-corrected chi connectivity index (χ0v) is 12.1. The molecule has 2 aromatic rings. The molecule has 0 heterocycles. The van der Waals surface area contributed by atoms with Crippen molar-refractivity contribution in [3.63, 3.8) is 0 Å². The summed E-state index contributed by atoms with van der Waals surface area (Å²) in [6, 6.07) is 12.8. The molecule has 0 unspecified atom stereocenters. The van der Waals surface area contributed by atoms with Crippen LogP contribution in [0, 0.1) is 5.82 Å². The largest absolute Gasteiger partial charge is 0.465 e. The maximum absolute atomic E-state index is 13.4. The highest BCUT2D eigenvalue weighted by Crippen LogP contribution is 2.07. The maximum atomic E-state index is 13.4. The minimum atomic E-state index is -0.539. The smallest absolute Gasteiger partial charge is 0.337 e. The number of benzene rings is 2. The van der Waals surface area contributed by atoms with Crippen molar-refractivity contribution in [2.45, 2.75) is 6.42 Å². The van der Waals surface area contributed by atoms with Crippen molar-refractivity contribution in [2.24, 2.45) is 0 Å². The van der Waals surface area contributed by atoms with Crippen molar-refractivity contribution in [1.29, 1.82) is 0 Å². The van der Waals surface area contributed by atoms with E-state index in [2.05, 4.69) is 10.1 Å². The Balaban J connectivity index is 1.87. The minimum Gasteiger partial charge on any atom is -0.465 e. The van der Waals surface area contributed by atoms with Gasteiger partial charge in [0.05, 0.1) is 18.2 Å². The number of carbonyl (C=O) groups excluding carboxylic acids is 2. The Morgan fingerprint density at radius 2 is 1.77 bits per heavy atom. The predicted molar refractivity (Wildman–Crippen MR) is 80.2 cm³/mol. The average Bonchev–Trinajstić information content (AvgIpc) is 2.55. The van der Waals surface area contributed by atoms with Crippen molar-refractivity contribution in [2.75, 3.05) is 13.7 Å². The second-order valence-electron chi connectivity index (χ2n) is 4.67. The molecular weight excluding hydrogens is 285 g/mol. The standard InChI is InChI=1S/C17H16FNO3/c1-22-17(21)13-8-6-12(7-9-13)10-11-19-16(20)14-4-2-3-5-15(14)18/h2-9H,10-11H2,1H3,(H,19,20). The number of amides is 1. The summed E-state index contributed by atoms with van der Waals surface area (Å²) in [5.41, 5.74) is 1.46. The molecular formula is C17H16FNO3. The molecule has 1 N–H and O–H groups in total. The Morgan fingerprint density at radius 3 is 2.41 bits per heavy atom. The van der Waals surface area contributed by atoms with Gasteiger partial charge in [-0.05, 0) is 36.2 Å².